The number of nitrogens with zero attached hydrogens (tertiary/aromatic N) is 2. The number of hydrogen-bond donors (Lipinski definition) is 2. The second-order valence-electron chi connectivity index (χ2n) is 6.19. The molecule has 1 saturated heterocycles. The molecule has 2 heterocycles. The fraction of sp³-hybridized carbons (Fsp3) is 0.421. The lowest BCUT2D eigenvalue weighted by atomic mass is 10.2. The molecule has 6 heteroatoms. The Bertz CT molecular complexity index is 630. The Morgan fingerprint density at radius 3 is 2.76 bits per heavy atom. The van der Waals surface area contributed by atoms with Crippen LogP contribution in [0.4, 0.5) is 0 Å². The molecular weight excluding hydrogens is 443 g/mol. The minimum absolute atomic E-state index is 0. The molecule has 0 aliphatic carbocycles. The summed E-state index contributed by atoms with van der Waals surface area (Å²) < 4.78 is 0. The molecule has 0 bridgehead atoms. The van der Waals surface area contributed by atoms with Crippen molar-refractivity contribution < 1.29 is 0 Å². The standard InChI is InChI=1S/C19H26N4S.HI/c1-20-19(21-12-17-9-11-24-15-17)22-13-18-8-5-10-23(18)14-16-6-3-2-4-7-16;/h2-4,6-7,9,11,15,18H,5,8,10,12-14H2,1H3,(H2,20,21,22);1H. The molecule has 1 fully saturated rings. The van der Waals surface area contributed by atoms with Crippen molar-refractivity contribution in [1.29, 1.82) is 0 Å². The first-order valence-electron chi connectivity index (χ1n) is 8.58. The van der Waals surface area contributed by atoms with E-state index < -0.39 is 0 Å². The van der Waals surface area contributed by atoms with Crippen LogP contribution in [0.3, 0.4) is 0 Å². The minimum Gasteiger partial charge on any atom is -0.355 e. The molecule has 0 radical (unpaired) electrons. The van der Waals surface area contributed by atoms with Gasteiger partial charge in [-0.25, -0.2) is 0 Å². The van der Waals surface area contributed by atoms with Crippen LogP contribution >= 0.6 is 35.3 Å². The number of aliphatic imine (C=N–C) groups is 1. The summed E-state index contributed by atoms with van der Waals surface area (Å²) in [5.41, 5.74) is 2.69. The molecule has 1 aliphatic rings. The van der Waals surface area contributed by atoms with Gasteiger partial charge < -0.3 is 10.6 Å². The van der Waals surface area contributed by atoms with Crippen molar-refractivity contribution in [1.82, 2.24) is 15.5 Å². The maximum absolute atomic E-state index is 4.34. The van der Waals surface area contributed by atoms with E-state index in [1.807, 2.05) is 7.05 Å². The summed E-state index contributed by atoms with van der Waals surface area (Å²) in [6.45, 7) is 3.98. The van der Waals surface area contributed by atoms with E-state index in [1.54, 1.807) is 11.3 Å². The van der Waals surface area contributed by atoms with Crippen molar-refractivity contribution in [3.63, 3.8) is 0 Å². The molecule has 1 aromatic carbocycles. The Hall–Kier alpha value is -1.12. The van der Waals surface area contributed by atoms with E-state index in [2.05, 4.69) is 67.7 Å². The molecule has 0 saturated carbocycles. The maximum atomic E-state index is 4.34. The summed E-state index contributed by atoms with van der Waals surface area (Å²) in [7, 11) is 1.83. The highest BCUT2D eigenvalue weighted by atomic mass is 127. The van der Waals surface area contributed by atoms with Crippen LogP contribution < -0.4 is 10.6 Å². The number of thiophene rings is 1. The van der Waals surface area contributed by atoms with Gasteiger partial charge in [0.2, 0.25) is 0 Å². The number of guanidine groups is 1. The lowest BCUT2D eigenvalue weighted by Gasteiger charge is -2.25. The summed E-state index contributed by atoms with van der Waals surface area (Å²) in [5.74, 6) is 0.882. The van der Waals surface area contributed by atoms with Crippen molar-refractivity contribution in [3.05, 3.63) is 58.3 Å². The van der Waals surface area contributed by atoms with E-state index in [9.17, 15) is 0 Å². The Labute approximate surface area is 171 Å². The summed E-state index contributed by atoms with van der Waals surface area (Å²) >= 11 is 1.73. The van der Waals surface area contributed by atoms with Crippen molar-refractivity contribution in [3.8, 4) is 0 Å². The Morgan fingerprint density at radius 1 is 1.20 bits per heavy atom. The van der Waals surface area contributed by atoms with Crippen LogP contribution in [0.25, 0.3) is 0 Å². The van der Waals surface area contributed by atoms with Gasteiger partial charge in [-0.2, -0.15) is 11.3 Å². The van der Waals surface area contributed by atoms with Crippen molar-refractivity contribution in [2.45, 2.75) is 32.0 Å². The van der Waals surface area contributed by atoms with Gasteiger partial charge in [-0.05, 0) is 47.3 Å². The van der Waals surface area contributed by atoms with Gasteiger partial charge in [-0.3, -0.25) is 9.89 Å². The van der Waals surface area contributed by atoms with Gasteiger partial charge in [0.05, 0.1) is 0 Å². The fourth-order valence-electron chi connectivity index (χ4n) is 3.17. The molecule has 4 nitrogen and oxygen atoms in total. The Balaban J connectivity index is 0.00000225. The number of benzene rings is 1. The lowest BCUT2D eigenvalue weighted by molar-refractivity contribution is 0.245. The molecule has 0 amide bonds. The molecular formula is C19H27IN4S. The van der Waals surface area contributed by atoms with E-state index in [-0.39, 0.29) is 24.0 Å². The zero-order valence-electron chi connectivity index (χ0n) is 14.6. The molecule has 1 atom stereocenters. The molecule has 2 aromatic rings. The average molecular weight is 470 g/mol. The van der Waals surface area contributed by atoms with Gasteiger partial charge in [0.1, 0.15) is 0 Å². The average Bonchev–Trinajstić information content (AvgIpc) is 3.28. The molecule has 25 heavy (non-hydrogen) atoms. The third-order valence-corrected chi connectivity index (χ3v) is 5.23. The van der Waals surface area contributed by atoms with Crippen LogP contribution in [-0.4, -0.2) is 37.0 Å². The zero-order chi connectivity index (χ0) is 16.6. The SMILES string of the molecule is CN=C(NCc1ccsc1)NCC1CCCN1Cc1ccccc1.I. The number of hydrogen-bond acceptors (Lipinski definition) is 3. The summed E-state index contributed by atoms with van der Waals surface area (Å²) in [5, 5.41) is 11.1. The Morgan fingerprint density at radius 2 is 2.04 bits per heavy atom. The number of halogens is 1. The predicted molar refractivity (Wildman–Crippen MR) is 118 cm³/mol. The highest BCUT2D eigenvalue weighted by molar-refractivity contribution is 14.0. The summed E-state index contributed by atoms with van der Waals surface area (Å²) in [4.78, 5) is 6.91. The van der Waals surface area contributed by atoms with E-state index in [0.29, 0.717) is 6.04 Å². The molecule has 2 N–H and O–H groups in total. The first-order chi connectivity index (χ1) is 11.8. The number of nitrogens with one attached hydrogen (secondary N) is 2. The van der Waals surface area contributed by atoms with Gasteiger partial charge in [-0.15, -0.1) is 24.0 Å². The summed E-state index contributed by atoms with van der Waals surface area (Å²) in [6, 6.07) is 13.5. The molecule has 1 aromatic heterocycles. The third-order valence-electron chi connectivity index (χ3n) is 4.50. The molecule has 3 rings (SSSR count). The maximum Gasteiger partial charge on any atom is 0.191 e. The van der Waals surface area contributed by atoms with E-state index in [0.717, 1.165) is 25.6 Å². The van der Waals surface area contributed by atoms with Gasteiger partial charge in [0.25, 0.3) is 0 Å². The summed E-state index contributed by atoms with van der Waals surface area (Å²) in [6.07, 6.45) is 2.53. The highest BCUT2D eigenvalue weighted by Gasteiger charge is 2.24. The topological polar surface area (TPSA) is 39.7 Å². The largest absolute Gasteiger partial charge is 0.355 e. The van der Waals surface area contributed by atoms with Gasteiger partial charge in [0.15, 0.2) is 5.96 Å². The second-order valence-corrected chi connectivity index (χ2v) is 6.97. The smallest absolute Gasteiger partial charge is 0.191 e. The second kappa shape index (κ2) is 10.8. The van der Waals surface area contributed by atoms with Crippen molar-refractivity contribution >= 4 is 41.3 Å². The van der Waals surface area contributed by atoms with Crippen LogP contribution in [-0.2, 0) is 13.1 Å². The highest BCUT2D eigenvalue weighted by Crippen LogP contribution is 2.19. The molecule has 0 spiro atoms. The number of likely N-dealkylation sites (tertiary alicyclic amines) is 1. The normalized spacial score (nSPS) is 18.0. The van der Waals surface area contributed by atoms with Crippen LogP contribution in [0.15, 0.2) is 52.2 Å². The van der Waals surface area contributed by atoms with E-state index in [1.165, 1.54) is 30.5 Å². The van der Waals surface area contributed by atoms with E-state index >= 15 is 0 Å². The quantitative estimate of drug-likeness (QED) is 0.384. The van der Waals surface area contributed by atoms with Crippen LogP contribution in [0.1, 0.15) is 24.0 Å². The monoisotopic (exact) mass is 470 g/mol. The minimum atomic E-state index is 0. The number of rotatable bonds is 6. The van der Waals surface area contributed by atoms with E-state index in [4.69, 9.17) is 0 Å². The zero-order valence-corrected chi connectivity index (χ0v) is 17.8. The lowest BCUT2D eigenvalue weighted by Crippen LogP contribution is -2.44. The molecule has 136 valence electrons. The Kier molecular flexibility index (Phi) is 8.71. The first-order valence-corrected chi connectivity index (χ1v) is 9.53. The van der Waals surface area contributed by atoms with Gasteiger partial charge in [-0.1, -0.05) is 30.3 Å². The molecule has 1 unspecified atom stereocenters. The fourth-order valence-corrected chi connectivity index (χ4v) is 3.84. The van der Waals surface area contributed by atoms with Crippen molar-refractivity contribution in [2.24, 2.45) is 4.99 Å². The first kappa shape index (κ1) is 20.2. The van der Waals surface area contributed by atoms with Crippen molar-refractivity contribution in [2.75, 3.05) is 20.1 Å². The predicted octanol–water partition coefficient (Wildman–Crippen LogP) is 3.70. The molecule has 1 aliphatic heterocycles. The van der Waals surface area contributed by atoms with Crippen LogP contribution in [0.2, 0.25) is 0 Å². The third kappa shape index (κ3) is 6.27. The van der Waals surface area contributed by atoms with Gasteiger partial charge >= 0.3 is 0 Å². The van der Waals surface area contributed by atoms with Crippen LogP contribution in [0.5, 0.6) is 0 Å². The van der Waals surface area contributed by atoms with Gasteiger partial charge in [0, 0.05) is 32.7 Å². The van der Waals surface area contributed by atoms with Crippen LogP contribution in [0, 0.1) is 0 Å².